The number of piperidine rings is 1. The van der Waals surface area contributed by atoms with Gasteiger partial charge in [-0.3, -0.25) is 4.21 Å². The average molecular weight is 337 g/mol. The summed E-state index contributed by atoms with van der Waals surface area (Å²) >= 11 is 0. The van der Waals surface area contributed by atoms with E-state index >= 15 is 0 Å². The van der Waals surface area contributed by atoms with E-state index in [2.05, 4.69) is 20.8 Å². The van der Waals surface area contributed by atoms with Crippen molar-refractivity contribution in [2.45, 2.75) is 42.1 Å². The van der Waals surface area contributed by atoms with Crippen molar-refractivity contribution in [3.8, 4) is 0 Å². The second-order valence-corrected chi connectivity index (χ2v) is 7.47. The molecule has 1 aromatic carbocycles. The van der Waals surface area contributed by atoms with Crippen molar-refractivity contribution >= 4 is 10.8 Å². The highest BCUT2D eigenvalue weighted by Gasteiger charge is 2.29. The van der Waals surface area contributed by atoms with Crippen LogP contribution in [0.15, 0.2) is 29.4 Å². The number of aryl methyl sites for hydroxylation is 2. The van der Waals surface area contributed by atoms with E-state index in [9.17, 15) is 8.60 Å². The molecule has 0 radical (unpaired) electrons. The normalized spacial score (nSPS) is 22.9. The summed E-state index contributed by atoms with van der Waals surface area (Å²) in [7, 11) is 0.524. The Bertz CT molecular complexity index is 675. The Hall–Kier alpha value is -1.67. The van der Waals surface area contributed by atoms with Gasteiger partial charge in [-0.15, -0.1) is 0 Å². The topological polar surface area (TPSA) is 72.7 Å². The van der Waals surface area contributed by atoms with Crippen LogP contribution in [0.3, 0.4) is 0 Å². The lowest BCUT2D eigenvalue weighted by Gasteiger charge is -2.29. The molecular weight excluding hydrogens is 317 g/mol. The number of nitrogens with zero attached hydrogens (tertiary/aromatic N) is 4. The van der Waals surface area contributed by atoms with Crippen LogP contribution in [0.1, 0.15) is 24.8 Å². The maximum atomic E-state index is 12.9. The van der Waals surface area contributed by atoms with Gasteiger partial charge in [0.25, 0.3) is 0 Å². The molecule has 0 aliphatic carbocycles. The van der Waals surface area contributed by atoms with Gasteiger partial charge < -0.3 is 5.32 Å². The molecule has 0 bridgehead atoms. The lowest BCUT2D eigenvalue weighted by atomic mass is 9.97. The van der Waals surface area contributed by atoms with Crippen LogP contribution in [0, 0.1) is 5.82 Å². The van der Waals surface area contributed by atoms with Crippen molar-refractivity contribution in [1.29, 1.82) is 0 Å². The van der Waals surface area contributed by atoms with Gasteiger partial charge >= 0.3 is 0 Å². The van der Waals surface area contributed by atoms with Crippen LogP contribution in [0.5, 0.6) is 0 Å². The van der Waals surface area contributed by atoms with E-state index in [4.69, 9.17) is 0 Å². The predicted octanol–water partition coefficient (Wildman–Crippen LogP) is 1.21. The molecule has 0 amide bonds. The van der Waals surface area contributed by atoms with E-state index in [-0.39, 0.29) is 11.1 Å². The molecule has 1 aliphatic heterocycles. The number of hydrogen-bond donors (Lipinski definition) is 1. The SMILES string of the molecule is Cn1nnnc1S(=O)C1CCNC(CCc2ccc(F)cc2)C1. The Balaban J connectivity index is 1.57. The van der Waals surface area contributed by atoms with Gasteiger partial charge in [0.2, 0.25) is 5.16 Å². The predicted molar refractivity (Wildman–Crippen MR) is 84.7 cm³/mol. The van der Waals surface area contributed by atoms with Crippen molar-refractivity contribution in [3.63, 3.8) is 0 Å². The first-order valence-corrected chi connectivity index (χ1v) is 8.95. The van der Waals surface area contributed by atoms with Crippen LogP contribution in [-0.4, -0.2) is 42.3 Å². The highest BCUT2D eigenvalue weighted by atomic mass is 32.2. The molecule has 23 heavy (non-hydrogen) atoms. The summed E-state index contributed by atoms with van der Waals surface area (Å²) in [6, 6.07) is 6.92. The molecule has 1 N–H and O–H groups in total. The molecule has 1 saturated heterocycles. The monoisotopic (exact) mass is 337 g/mol. The molecule has 1 aliphatic rings. The fourth-order valence-electron chi connectivity index (χ4n) is 2.91. The van der Waals surface area contributed by atoms with Crippen molar-refractivity contribution in [1.82, 2.24) is 25.5 Å². The van der Waals surface area contributed by atoms with Gasteiger partial charge in [-0.25, -0.2) is 9.07 Å². The summed E-state index contributed by atoms with van der Waals surface area (Å²) in [4.78, 5) is 0. The Labute approximate surface area is 136 Å². The highest BCUT2D eigenvalue weighted by molar-refractivity contribution is 7.85. The van der Waals surface area contributed by atoms with Crippen LogP contribution in [0.25, 0.3) is 0 Å². The summed E-state index contributed by atoms with van der Waals surface area (Å²) in [6.07, 6.45) is 3.51. The zero-order valence-corrected chi connectivity index (χ0v) is 13.8. The summed E-state index contributed by atoms with van der Waals surface area (Å²) < 4.78 is 27.0. The minimum Gasteiger partial charge on any atom is -0.314 e. The van der Waals surface area contributed by atoms with Gasteiger partial charge in [0.05, 0.1) is 10.8 Å². The minimum atomic E-state index is -1.18. The number of halogens is 1. The summed E-state index contributed by atoms with van der Waals surface area (Å²) in [5.41, 5.74) is 1.12. The van der Waals surface area contributed by atoms with Crippen LogP contribution in [0.2, 0.25) is 0 Å². The lowest BCUT2D eigenvalue weighted by Crippen LogP contribution is -2.42. The van der Waals surface area contributed by atoms with Crippen LogP contribution >= 0.6 is 0 Å². The van der Waals surface area contributed by atoms with E-state index < -0.39 is 10.8 Å². The second-order valence-electron chi connectivity index (χ2n) is 5.85. The third-order valence-corrected chi connectivity index (χ3v) is 5.94. The van der Waals surface area contributed by atoms with Crippen LogP contribution < -0.4 is 5.32 Å². The first-order chi connectivity index (χ1) is 11.1. The number of rotatable bonds is 5. The molecule has 0 spiro atoms. The molecular formula is C15H20FN5OS. The van der Waals surface area contributed by atoms with Crippen molar-refractivity contribution < 1.29 is 8.60 Å². The number of tetrazole rings is 1. The highest BCUT2D eigenvalue weighted by Crippen LogP contribution is 2.21. The fourth-order valence-corrected chi connectivity index (χ4v) is 4.37. The van der Waals surface area contributed by atoms with E-state index in [1.54, 1.807) is 7.05 Å². The van der Waals surface area contributed by atoms with Gasteiger partial charge in [0.1, 0.15) is 5.82 Å². The third-order valence-electron chi connectivity index (χ3n) is 4.21. The smallest absolute Gasteiger partial charge is 0.239 e. The second kappa shape index (κ2) is 7.27. The Morgan fingerprint density at radius 2 is 2.17 bits per heavy atom. The number of nitrogens with one attached hydrogen (secondary N) is 1. The van der Waals surface area contributed by atoms with Crippen molar-refractivity contribution in [2.75, 3.05) is 6.54 Å². The molecule has 3 rings (SSSR count). The molecule has 2 heterocycles. The summed E-state index contributed by atoms with van der Waals surface area (Å²) in [6.45, 7) is 0.843. The van der Waals surface area contributed by atoms with Crippen molar-refractivity contribution in [3.05, 3.63) is 35.6 Å². The standard InChI is InChI=1S/C15H20FN5OS/c1-21-15(18-19-20-21)23(22)14-8-9-17-13(10-14)7-4-11-2-5-12(16)6-3-11/h2-3,5-6,13-14,17H,4,7-10H2,1H3. The van der Waals surface area contributed by atoms with Gasteiger partial charge in [0.15, 0.2) is 0 Å². The molecule has 1 aromatic heterocycles. The van der Waals surface area contributed by atoms with E-state index in [1.165, 1.54) is 16.8 Å². The third kappa shape index (κ3) is 4.00. The quantitative estimate of drug-likeness (QED) is 0.888. The molecule has 0 saturated carbocycles. The first kappa shape index (κ1) is 16.2. The lowest BCUT2D eigenvalue weighted by molar-refractivity contribution is 0.385. The molecule has 124 valence electrons. The van der Waals surface area contributed by atoms with Crippen molar-refractivity contribution in [2.24, 2.45) is 7.05 Å². The molecule has 3 unspecified atom stereocenters. The number of hydrogen-bond acceptors (Lipinski definition) is 5. The first-order valence-electron chi connectivity index (χ1n) is 7.74. The van der Waals surface area contributed by atoms with E-state index in [0.29, 0.717) is 11.2 Å². The fraction of sp³-hybridized carbons (Fsp3) is 0.533. The number of aromatic nitrogens is 4. The molecule has 1 fully saturated rings. The van der Waals surface area contributed by atoms with Gasteiger partial charge in [-0.2, -0.15) is 0 Å². The van der Waals surface area contributed by atoms with Crippen LogP contribution in [0.4, 0.5) is 4.39 Å². The molecule has 8 heteroatoms. The van der Waals surface area contributed by atoms with Gasteiger partial charge in [0, 0.05) is 18.3 Å². The van der Waals surface area contributed by atoms with Gasteiger partial charge in [-0.05, 0) is 60.4 Å². The summed E-state index contributed by atoms with van der Waals surface area (Å²) in [5.74, 6) is -0.211. The van der Waals surface area contributed by atoms with E-state index in [0.717, 1.165) is 37.8 Å². The maximum absolute atomic E-state index is 12.9. The molecule has 6 nitrogen and oxygen atoms in total. The van der Waals surface area contributed by atoms with Gasteiger partial charge in [-0.1, -0.05) is 17.2 Å². The minimum absolute atomic E-state index is 0.0687. The molecule has 3 atom stereocenters. The average Bonchev–Trinajstić information content (AvgIpc) is 3.00. The Kier molecular flexibility index (Phi) is 5.12. The maximum Gasteiger partial charge on any atom is 0.239 e. The zero-order chi connectivity index (χ0) is 16.2. The zero-order valence-electron chi connectivity index (χ0n) is 13.0. The Morgan fingerprint density at radius 1 is 1.39 bits per heavy atom. The Morgan fingerprint density at radius 3 is 2.87 bits per heavy atom. The number of benzene rings is 1. The van der Waals surface area contributed by atoms with E-state index in [1.807, 2.05) is 12.1 Å². The molecule has 2 aromatic rings. The van der Waals surface area contributed by atoms with Crippen LogP contribution in [-0.2, 0) is 24.3 Å². The largest absolute Gasteiger partial charge is 0.314 e. The summed E-state index contributed by atoms with van der Waals surface area (Å²) in [5, 5.41) is 15.2.